The van der Waals surface area contributed by atoms with Crippen LogP contribution in [0.5, 0.6) is 0 Å². The molecular formula is C13H15F3NO2S-. The molecule has 0 saturated heterocycles. The predicted molar refractivity (Wildman–Crippen MR) is 69.1 cm³/mol. The molecule has 0 bridgehead atoms. The van der Waals surface area contributed by atoms with Crippen LogP contribution in [0.2, 0.25) is 0 Å². The molecule has 1 aliphatic rings. The van der Waals surface area contributed by atoms with Crippen molar-refractivity contribution in [3.05, 3.63) is 23.8 Å². The van der Waals surface area contributed by atoms with Gasteiger partial charge < -0.3 is 9.87 Å². The first kappa shape index (κ1) is 15.3. The van der Waals surface area contributed by atoms with Gasteiger partial charge >= 0.3 is 6.18 Å². The van der Waals surface area contributed by atoms with Gasteiger partial charge in [-0.25, -0.2) is 0 Å². The van der Waals surface area contributed by atoms with Crippen LogP contribution in [-0.4, -0.2) is 14.8 Å². The summed E-state index contributed by atoms with van der Waals surface area (Å²) in [6.45, 7) is 0. The van der Waals surface area contributed by atoms with Gasteiger partial charge in [-0.3, -0.25) is 4.21 Å². The molecule has 1 N–H and O–H groups in total. The van der Waals surface area contributed by atoms with E-state index in [1.54, 1.807) is 0 Å². The van der Waals surface area contributed by atoms with Gasteiger partial charge in [0.2, 0.25) is 0 Å². The number of hydrogen-bond acceptors (Lipinski definition) is 3. The lowest BCUT2D eigenvalue weighted by atomic mass is 9.95. The number of benzene rings is 1. The van der Waals surface area contributed by atoms with Crippen LogP contribution in [0.4, 0.5) is 18.9 Å². The summed E-state index contributed by atoms with van der Waals surface area (Å²) >= 11 is -2.90. The zero-order chi connectivity index (χ0) is 14.8. The summed E-state index contributed by atoms with van der Waals surface area (Å²) in [5, 5.41) is 3.06. The Labute approximate surface area is 117 Å². The zero-order valence-electron chi connectivity index (χ0n) is 10.7. The SMILES string of the molecule is O=S([O-])c1ccc(NC2CCCCC2)cc1C(F)(F)F. The second kappa shape index (κ2) is 6.13. The largest absolute Gasteiger partial charge is 0.768 e. The summed E-state index contributed by atoms with van der Waals surface area (Å²) in [6, 6.07) is 3.42. The summed E-state index contributed by atoms with van der Waals surface area (Å²) < 4.78 is 60.3. The van der Waals surface area contributed by atoms with Gasteiger partial charge in [-0.2, -0.15) is 13.2 Å². The first-order valence-electron chi connectivity index (χ1n) is 6.45. The topological polar surface area (TPSA) is 52.2 Å². The van der Waals surface area contributed by atoms with Crippen molar-refractivity contribution in [1.82, 2.24) is 0 Å². The highest BCUT2D eigenvalue weighted by Gasteiger charge is 2.34. The molecule has 20 heavy (non-hydrogen) atoms. The van der Waals surface area contributed by atoms with Crippen LogP contribution in [-0.2, 0) is 17.3 Å². The van der Waals surface area contributed by atoms with Crippen LogP contribution in [0.15, 0.2) is 23.1 Å². The lowest BCUT2D eigenvalue weighted by Crippen LogP contribution is -2.22. The Morgan fingerprint density at radius 1 is 1.20 bits per heavy atom. The number of halogens is 3. The Kier molecular flexibility index (Phi) is 4.70. The molecule has 112 valence electrons. The Balaban J connectivity index is 2.25. The van der Waals surface area contributed by atoms with Crippen LogP contribution in [0.3, 0.4) is 0 Å². The maximum Gasteiger partial charge on any atom is 0.417 e. The van der Waals surface area contributed by atoms with E-state index >= 15 is 0 Å². The Bertz CT molecular complexity index is 499. The van der Waals surface area contributed by atoms with Crippen LogP contribution < -0.4 is 5.32 Å². The molecule has 1 fully saturated rings. The summed E-state index contributed by atoms with van der Waals surface area (Å²) in [4.78, 5) is -0.716. The summed E-state index contributed by atoms with van der Waals surface area (Å²) in [5.41, 5.74) is -0.801. The van der Waals surface area contributed by atoms with Gasteiger partial charge in [-0.1, -0.05) is 19.3 Å². The molecule has 0 radical (unpaired) electrons. The summed E-state index contributed by atoms with van der Waals surface area (Å²) in [7, 11) is 0. The molecule has 0 amide bonds. The van der Waals surface area contributed by atoms with Crippen LogP contribution in [0, 0.1) is 0 Å². The van der Waals surface area contributed by atoms with Crippen LogP contribution in [0.25, 0.3) is 0 Å². The number of alkyl halides is 3. The fourth-order valence-electron chi connectivity index (χ4n) is 2.47. The standard InChI is InChI=1S/C13H16F3NO2S/c14-13(15,16)11-8-10(6-7-12(11)20(18)19)17-9-4-2-1-3-5-9/h6-9,17H,1-5H2,(H,18,19)/p-1. The second-order valence-electron chi connectivity index (χ2n) is 4.92. The minimum absolute atomic E-state index is 0.161. The molecule has 1 aromatic carbocycles. The summed E-state index contributed by atoms with van der Waals surface area (Å²) in [5.74, 6) is 0. The fourth-order valence-corrected chi connectivity index (χ4v) is 3.00. The van der Waals surface area contributed by atoms with Gasteiger partial charge in [-0.05, 0) is 42.1 Å². The normalized spacial score (nSPS) is 18.8. The number of rotatable bonds is 3. The Morgan fingerprint density at radius 2 is 1.85 bits per heavy atom. The average Bonchev–Trinajstić information content (AvgIpc) is 2.38. The predicted octanol–water partition coefficient (Wildman–Crippen LogP) is 3.69. The third-order valence-corrected chi connectivity index (χ3v) is 4.16. The van der Waals surface area contributed by atoms with Crippen molar-refractivity contribution in [2.75, 3.05) is 5.32 Å². The average molecular weight is 306 g/mol. The molecule has 0 aromatic heterocycles. The first-order chi connectivity index (χ1) is 9.38. The van der Waals surface area contributed by atoms with Gasteiger partial charge in [-0.15, -0.1) is 0 Å². The van der Waals surface area contributed by atoms with E-state index in [0.29, 0.717) is 5.69 Å². The lowest BCUT2D eigenvalue weighted by molar-refractivity contribution is -0.139. The van der Waals surface area contributed by atoms with E-state index in [9.17, 15) is 21.9 Å². The number of nitrogens with one attached hydrogen (secondary N) is 1. The molecule has 0 spiro atoms. The van der Waals surface area contributed by atoms with Crippen molar-refractivity contribution in [3.8, 4) is 0 Å². The van der Waals surface area contributed by atoms with E-state index < -0.39 is 27.7 Å². The van der Waals surface area contributed by atoms with Crippen molar-refractivity contribution >= 4 is 16.8 Å². The minimum Gasteiger partial charge on any atom is -0.768 e. The van der Waals surface area contributed by atoms with Gasteiger partial charge in [0.15, 0.2) is 0 Å². The number of hydrogen-bond donors (Lipinski definition) is 1. The quantitative estimate of drug-likeness (QED) is 0.867. The molecule has 0 aliphatic heterocycles. The molecule has 1 saturated carbocycles. The minimum atomic E-state index is -4.68. The second-order valence-corrected chi connectivity index (χ2v) is 5.83. The molecule has 0 heterocycles. The van der Waals surface area contributed by atoms with Gasteiger partial charge in [0.05, 0.1) is 5.56 Å². The molecule has 2 rings (SSSR count). The van der Waals surface area contributed by atoms with E-state index in [2.05, 4.69) is 5.32 Å². The van der Waals surface area contributed by atoms with E-state index in [1.807, 2.05) is 0 Å². The highest BCUT2D eigenvalue weighted by atomic mass is 32.2. The molecule has 1 unspecified atom stereocenters. The van der Waals surface area contributed by atoms with Gasteiger partial charge in [0.25, 0.3) is 0 Å². The number of anilines is 1. The maximum absolute atomic E-state index is 12.9. The van der Waals surface area contributed by atoms with Gasteiger partial charge in [0, 0.05) is 16.6 Å². The van der Waals surface area contributed by atoms with E-state index in [0.717, 1.165) is 44.2 Å². The lowest BCUT2D eigenvalue weighted by Gasteiger charge is -2.25. The van der Waals surface area contributed by atoms with E-state index in [4.69, 9.17) is 0 Å². The van der Waals surface area contributed by atoms with E-state index in [-0.39, 0.29) is 6.04 Å². The van der Waals surface area contributed by atoms with E-state index in [1.165, 1.54) is 6.07 Å². The molecule has 1 atom stereocenters. The molecule has 1 aliphatic carbocycles. The van der Waals surface area contributed by atoms with Crippen LogP contribution in [0.1, 0.15) is 37.7 Å². The van der Waals surface area contributed by atoms with Crippen molar-refractivity contribution in [3.63, 3.8) is 0 Å². The smallest absolute Gasteiger partial charge is 0.417 e. The monoisotopic (exact) mass is 306 g/mol. The summed E-state index contributed by atoms with van der Waals surface area (Å²) in [6.07, 6.45) is 0.450. The maximum atomic E-state index is 12.9. The highest BCUT2D eigenvalue weighted by molar-refractivity contribution is 7.79. The molecular weight excluding hydrogens is 291 g/mol. The molecule has 3 nitrogen and oxygen atoms in total. The Hall–Kier alpha value is -1.08. The third kappa shape index (κ3) is 3.73. The fraction of sp³-hybridized carbons (Fsp3) is 0.538. The molecule has 7 heteroatoms. The highest BCUT2D eigenvalue weighted by Crippen LogP contribution is 2.35. The van der Waals surface area contributed by atoms with Crippen molar-refractivity contribution in [1.29, 1.82) is 0 Å². The third-order valence-electron chi connectivity index (χ3n) is 3.44. The van der Waals surface area contributed by atoms with Crippen molar-refractivity contribution < 1.29 is 21.9 Å². The molecule has 1 aromatic rings. The van der Waals surface area contributed by atoms with Crippen LogP contribution >= 0.6 is 0 Å². The Morgan fingerprint density at radius 3 is 2.40 bits per heavy atom. The van der Waals surface area contributed by atoms with Crippen molar-refractivity contribution in [2.45, 2.75) is 49.2 Å². The van der Waals surface area contributed by atoms with Crippen molar-refractivity contribution in [2.24, 2.45) is 0 Å². The zero-order valence-corrected chi connectivity index (χ0v) is 11.5. The van der Waals surface area contributed by atoms with Gasteiger partial charge in [0.1, 0.15) is 0 Å². The first-order valence-corrected chi connectivity index (χ1v) is 7.52.